The maximum absolute atomic E-state index is 13.9. The number of hydrogen-bond acceptors (Lipinski definition) is 2. The fraction of sp³-hybridized carbons (Fsp3) is 0.538. The lowest BCUT2D eigenvalue weighted by atomic mass is 10.0. The van der Waals surface area contributed by atoms with E-state index in [9.17, 15) is 17.6 Å². The number of hydrogen-bond donors (Lipinski definition) is 1. The van der Waals surface area contributed by atoms with E-state index in [0.717, 1.165) is 0 Å². The Morgan fingerprint density at radius 3 is 1.68 bits per heavy atom. The van der Waals surface area contributed by atoms with E-state index in [-0.39, 0.29) is 0 Å². The van der Waals surface area contributed by atoms with Gasteiger partial charge in [-0.05, 0) is 20.0 Å². The molecule has 0 aromatic heterocycles. The first-order valence-electron chi connectivity index (χ1n) is 6.10. The molecule has 108 valence electrons. The highest BCUT2D eigenvalue weighted by Gasteiger charge is 2.29. The molecule has 0 aliphatic carbocycles. The van der Waals surface area contributed by atoms with Gasteiger partial charge in [-0.1, -0.05) is 13.8 Å². The van der Waals surface area contributed by atoms with E-state index >= 15 is 0 Å². The average Bonchev–Trinajstić information content (AvgIpc) is 2.39. The fourth-order valence-corrected chi connectivity index (χ4v) is 2.15. The molecule has 0 radical (unpaired) electrons. The first kappa shape index (κ1) is 15.9. The molecule has 6 heteroatoms. The van der Waals surface area contributed by atoms with Crippen molar-refractivity contribution in [2.24, 2.45) is 0 Å². The molecular weight excluding hydrogens is 262 g/mol. The molecule has 2 nitrogen and oxygen atoms in total. The van der Waals surface area contributed by atoms with Crippen molar-refractivity contribution >= 4 is 0 Å². The van der Waals surface area contributed by atoms with Gasteiger partial charge in [0.15, 0.2) is 23.3 Å². The topological polar surface area (TPSA) is 23.5 Å². The van der Waals surface area contributed by atoms with E-state index < -0.39 is 47.0 Å². The molecule has 0 saturated carbocycles. The van der Waals surface area contributed by atoms with Gasteiger partial charge in [-0.15, -0.1) is 0 Å². The molecule has 19 heavy (non-hydrogen) atoms. The Morgan fingerprint density at radius 2 is 1.37 bits per heavy atom. The first-order valence-corrected chi connectivity index (χ1v) is 6.10. The molecule has 1 aromatic carbocycles. The SMILES string of the molecule is CCN(CC)C(C)c1c(F)c(F)c(CO)c(F)c1F. The van der Waals surface area contributed by atoms with Gasteiger partial charge in [0.25, 0.3) is 0 Å². The van der Waals surface area contributed by atoms with Gasteiger partial charge in [-0.25, -0.2) is 17.6 Å². The molecule has 1 rings (SSSR count). The number of aliphatic hydroxyl groups is 1. The summed E-state index contributed by atoms with van der Waals surface area (Å²) < 4.78 is 54.9. The number of nitrogens with zero attached hydrogens (tertiary/aromatic N) is 1. The highest BCUT2D eigenvalue weighted by Crippen LogP contribution is 2.31. The van der Waals surface area contributed by atoms with Crippen molar-refractivity contribution < 1.29 is 22.7 Å². The van der Waals surface area contributed by atoms with Crippen LogP contribution in [0.25, 0.3) is 0 Å². The maximum atomic E-state index is 13.9. The predicted octanol–water partition coefficient (Wildman–Crippen LogP) is 3.14. The highest BCUT2D eigenvalue weighted by molar-refractivity contribution is 5.31. The fourth-order valence-electron chi connectivity index (χ4n) is 2.15. The summed E-state index contributed by atoms with van der Waals surface area (Å²) in [6.45, 7) is 4.93. The summed E-state index contributed by atoms with van der Waals surface area (Å²) in [4.78, 5) is 1.67. The van der Waals surface area contributed by atoms with Crippen LogP contribution in [-0.4, -0.2) is 23.1 Å². The predicted molar refractivity (Wildman–Crippen MR) is 63.5 cm³/mol. The number of rotatable bonds is 5. The van der Waals surface area contributed by atoms with Crippen LogP contribution in [0, 0.1) is 23.3 Å². The van der Waals surface area contributed by atoms with E-state index in [4.69, 9.17) is 5.11 Å². The molecule has 0 bridgehead atoms. The van der Waals surface area contributed by atoms with Gasteiger partial charge < -0.3 is 5.11 Å². The van der Waals surface area contributed by atoms with Gasteiger partial charge in [0, 0.05) is 11.6 Å². The minimum absolute atomic E-state index is 0.488. The van der Waals surface area contributed by atoms with Crippen molar-refractivity contribution in [2.45, 2.75) is 33.4 Å². The summed E-state index contributed by atoms with van der Waals surface area (Å²) in [6, 6.07) is -0.799. The van der Waals surface area contributed by atoms with Gasteiger partial charge in [-0.2, -0.15) is 0 Å². The van der Waals surface area contributed by atoms with Crippen molar-refractivity contribution in [3.63, 3.8) is 0 Å². The highest BCUT2D eigenvalue weighted by atomic mass is 19.2. The molecule has 0 spiro atoms. The largest absolute Gasteiger partial charge is 0.391 e. The quantitative estimate of drug-likeness (QED) is 0.661. The minimum Gasteiger partial charge on any atom is -0.391 e. The Hall–Kier alpha value is -1.14. The van der Waals surface area contributed by atoms with Gasteiger partial charge in [0.1, 0.15) is 0 Å². The van der Waals surface area contributed by atoms with Crippen LogP contribution in [0.4, 0.5) is 17.6 Å². The standard InChI is InChI=1S/C13H17F4NO/c1-4-18(5-2)7(3)9-12(16)10(14)8(6-19)11(15)13(9)17/h7,19H,4-6H2,1-3H3. The molecule has 1 aromatic rings. The molecule has 1 N–H and O–H groups in total. The van der Waals surface area contributed by atoms with Gasteiger partial charge in [-0.3, -0.25) is 4.90 Å². The molecule has 0 aliphatic heterocycles. The Labute approximate surface area is 109 Å². The van der Waals surface area contributed by atoms with Crippen molar-refractivity contribution in [1.29, 1.82) is 0 Å². The first-order chi connectivity index (χ1) is 8.90. The Balaban J connectivity index is 3.44. The van der Waals surface area contributed by atoms with Gasteiger partial charge in [0.2, 0.25) is 0 Å². The third-order valence-electron chi connectivity index (χ3n) is 3.32. The smallest absolute Gasteiger partial charge is 0.167 e. The van der Waals surface area contributed by atoms with Crippen LogP contribution in [0.5, 0.6) is 0 Å². The molecule has 0 fully saturated rings. The zero-order chi connectivity index (χ0) is 14.7. The zero-order valence-electron chi connectivity index (χ0n) is 11.1. The lowest BCUT2D eigenvalue weighted by molar-refractivity contribution is 0.217. The third kappa shape index (κ3) is 2.74. The van der Waals surface area contributed by atoms with Gasteiger partial charge in [0.05, 0.1) is 12.2 Å². The molecule has 0 heterocycles. The Morgan fingerprint density at radius 1 is 0.947 bits per heavy atom. The molecule has 1 atom stereocenters. The summed E-state index contributed by atoms with van der Waals surface area (Å²) in [7, 11) is 0. The lowest BCUT2D eigenvalue weighted by Crippen LogP contribution is -2.28. The van der Waals surface area contributed by atoms with Crippen LogP contribution in [-0.2, 0) is 6.61 Å². The Bertz CT molecular complexity index is 431. The van der Waals surface area contributed by atoms with Crippen molar-refractivity contribution in [2.75, 3.05) is 13.1 Å². The van der Waals surface area contributed by atoms with E-state index in [0.29, 0.717) is 13.1 Å². The minimum atomic E-state index is -1.53. The van der Waals surface area contributed by atoms with Crippen LogP contribution in [0.1, 0.15) is 37.9 Å². The van der Waals surface area contributed by atoms with Crippen LogP contribution in [0.15, 0.2) is 0 Å². The van der Waals surface area contributed by atoms with Crippen molar-refractivity contribution in [3.05, 3.63) is 34.4 Å². The van der Waals surface area contributed by atoms with E-state index in [1.165, 1.54) is 6.92 Å². The van der Waals surface area contributed by atoms with Crippen molar-refractivity contribution in [3.8, 4) is 0 Å². The molecule has 0 saturated heterocycles. The zero-order valence-corrected chi connectivity index (χ0v) is 11.1. The second-order valence-corrected chi connectivity index (χ2v) is 4.20. The lowest BCUT2D eigenvalue weighted by Gasteiger charge is -2.27. The van der Waals surface area contributed by atoms with E-state index in [1.54, 1.807) is 18.7 Å². The molecule has 0 amide bonds. The average molecular weight is 279 g/mol. The number of aliphatic hydroxyl groups excluding tert-OH is 1. The summed E-state index contributed by atoms with van der Waals surface area (Å²) in [5.74, 6) is -5.95. The second kappa shape index (κ2) is 6.34. The summed E-state index contributed by atoms with van der Waals surface area (Å²) in [5, 5.41) is 8.76. The van der Waals surface area contributed by atoms with E-state index in [1.807, 2.05) is 0 Å². The molecule has 0 aliphatic rings. The molecule has 1 unspecified atom stereocenters. The van der Waals surface area contributed by atoms with Crippen molar-refractivity contribution in [1.82, 2.24) is 4.90 Å². The Kier molecular flexibility index (Phi) is 5.31. The van der Waals surface area contributed by atoms with Crippen LogP contribution >= 0.6 is 0 Å². The summed E-state index contributed by atoms with van der Waals surface area (Å²) in [5.41, 5.74) is -1.62. The van der Waals surface area contributed by atoms with E-state index in [2.05, 4.69) is 0 Å². The second-order valence-electron chi connectivity index (χ2n) is 4.20. The summed E-state index contributed by atoms with van der Waals surface area (Å²) >= 11 is 0. The number of halogens is 4. The van der Waals surface area contributed by atoms with Crippen LogP contribution < -0.4 is 0 Å². The summed E-state index contributed by atoms with van der Waals surface area (Å²) in [6.07, 6.45) is 0. The monoisotopic (exact) mass is 279 g/mol. The number of benzene rings is 1. The molecular formula is C13H17F4NO. The third-order valence-corrected chi connectivity index (χ3v) is 3.32. The normalized spacial score (nSPS) is 13.1. The van der Waals surface area contributed by atoms with Gasteiger partial charge >= 0.3 is 0 Å². The van der Waals surface area contributed by atoms with Crippen LogP contribution in [0.3, 0.4) is 0 Å². The maximum Gasteiger partial charge on any atom is 0.167 e. The van der Waals surface area contributed by atoms with Crippen LogP contribution in [0.2, 0.25) is 0 Å².